The monoisotopic (exact) mass is 301 g/mol. The second-order valence-electron chi connectivity index (χ2n) is 4.49. The Labute approximate surface area is 124 Å². The minimum absolute atomic E-state index is 0.00698. The molecule has 2 rings (SSSR count). The molecule has 0 bridgehead atoms. The molecule has 0 spiro atoms. The molecule has 1 N–H and O–H groups in total. The van der Waals surface area contributed by atoms with Gasteiger partial charge in [-0.2, -0.15) is 5.26 Å². The van der Waals surface area contributed by atoms with Crippen LogP contribution in [0.3, 0.4) is 0 Å². The van der Waals surface area contributed by atoms with Crippen LogP contribution in [0, 0.1) is 11.3 Å². The Morgan fingerprint density at radius 3 is 2.67 bits per heavy atom. The summed E-state index contributed by atoms with van der Waals surface area (Å²) < 4.78 is 24.3. The Morgan fingerprint density at radius 2 is 1.95 bits per heavy atom. The van der Waals surface area contributed by atoms with Gasteiger partial charge < -0.3 is 5.32 Å². The molecule has 0 unspecified atom stereocenters. The lowest BCUT2D eigenvalue weighted by Crippen LogP contribution is -2.22. The van der Waals surface area contributed by atoms with Gasteiger partial charge in [0.15, 0.2) is 9.84 Å². The van der Waals surface area contributed by atoms with Gasteiger partial charge in [-0.1, -0.05) is 6.07 Å². The largest absolute Gasteiger partial charge is 0.312 e. The van der Waals surface area contributed by atoms with Gasteiger partial charge in [-0.25, -0.2) is 8.42 Å². The lowest BCUT2D eigenvalue weighted by Gasteiger charge is -2.06. The van der Waals surface area contributed by atoms with E-state index in [2.05, 4.69) is 10.3 Å². The summed E-state index contributed by atoms with van der Waals surface area (Å²) in [5, 5.41) is 11.9. The number of rotatable bonds is 6. The maximum Gasteiger partial charge on any atom is 0.179 e. The topological polar surface area (TPSA) is 82.8 Å². The van der Waals surface area contributed by atoms with Crippen molar-refractivity contribution in [2.45, 2.75) is 11.4 Å². The summed E-state index contributed by atoms with van der Waals surface area (Å²) in [6, 6.07) is 11.8. The van der Waals surface area contributed by atoms with E-state index in [1.807, 2.05) is 18.2 Å². The summed E-state index contributed by atoms with van der Waals surface area (Å²) in [6.07, 6.45) is 3.39. The molecular formula is C15H15N3O2S. The van der Waals surface area contributed by atoms with Crippen LogP contribution in [-0.4, -0.2) is 25.7 Å². The zero-order chi connectivity index (χ0) is 15.1. The highest BCUT2D eigenvalue weighted by atomic mass is 32.2. The third-order valence-corrected chi connectivity index (χ3v) is 4.66. The SMILES string of the molecule is N#Cc1cccc(S(=O)(=O)CCNCc2ccncc2)c1. The van der Waals surface area contributed by atoms with Gasteiger partial charge in [0.2, 0.25) is 0 Å². The standard InChI is InChI=1S/C15H15N3O2S/c16-11-14-2-1-3-15(10-14)21(19,20)9-8-18-12-13-4-6-17-7-5-13/h1-7,10,18H,8-9,12H2. The minimum Gasteiger partial charge on any atom is -0.312 e. The third kappa shape index (κ3) is 4.38. The van der Waals surface area contributed by atoms with Gasteiger partial charge in [-0.05, 0) is 35.9 Å². The van der Waals surface area contributed by atoms with Gasteiger partial charge in [0.25, 0.3) is 0 Å². The first-order valence-corrected chi connectivity index (χ1v) is 8.09. The molecule has 1 aromatic heterocycles. The van der Waals surface area contributed by atoms with Gasteiger partial charge in [0, 0.05) is 25.5 Å². The summed E-state index contributed by atoms with van der Waals surface area (Å²) in [4.78, 5) is 4.11. The third-order valence-electron chi connectivity index (χ3n) is 2.95. The van der Waals surface area contributed by atoms with E-state index in [1.54, 1.807) is 24.5 Å². The van der Waals surface area contributed by atoms with Crippen LogP contribution in [0.1, 0.15) is 11.1 Å². The lowest BCUT2D eigenvalue weighted by atomic mass is 10.2. The second kappa shape index (κ2) is 6.97. The molecule has 21 heavy (non-hydrogen) atoms. The van der Waals surface area contributed by atoms with Crippen molar-refractivity contribution in [1.82, 2.24) is 10.3 Å². The molecular weight excluding hydrogens is 286 g/mol. The maximum atomic E-state index is 12.2. The second-order valence-corrected chi connectivity index (χ2v) is 6.60. The Hall–Kier alpha value is -2.23. The van der Waals surface area contributed by atoms with E-state index in [0.717, 1.165) is 5.56 Å². The van der Waals surface area contributed by atoms with E-state index >= 15 is 0 Å². The molecule has 1 aromatic carbocycles. The zero-order valence-corrected chi connectivity index (χ0v) is 12.2. The molecule has 2 aromatic rings. The van der Waals surface area contributed by atoms with Gasteiger partial charge in [0.05, 0.1) is 22.3 Å². The molecule has 5 nitrogen and oxygen atoms in total. The minimum atomic E-state index is -3.37. The smallest absolute Gasteiger partial charge is 0.179 e. The van der Waals surface area contributed by atoms with Crippen LogP contribution < -0.4 is 5.32 Å². The first-order chi connectivity index (χ1) is 10.1. The van der Waals surface area contributed by atoms with Gasteiger partial charge in [0.1, 0.15) is 0 Å². The van der Waals surface area contributed by atoms with E-state index in [-0.39, 0.29) is 10.6 Å². The Kier molecular flexibility index (Phi) is 5.04. The molecule has 6 heteroatoms. The van der Waals surface area contributed by atoms with E-state index in [4.69, 9.17) is 5.26 Å². The fourth-order valence-corrected chi connectivity index (χ4v) is 3.06. The first-order valence-electron chi connectivity index (χ1n) is 6.44. The number of hydrogen-bond donors (Lipinski definition) is 1. The number of pyridine rings is 1. The zero-order valence-electron chi connectivity index (χ0n) is 11.4. The van der Waals surface area contributed by atoms with Crippen LogP contribution in [0.2, 0.25) is 0 Å². The number of aromatic nitrogens is 1. The summed E-state index contributed by atoms with van der Waals surface area (Å²) in [7, 11) is -3.37. The van der Waals surface area contributed by atoms with E-state index in [9.17, 15) is 8.42 Å². The summed E-state index contributed by atoms with van der Waals surface area (Å²) in [6.45, 7) is 0.942. The highest BCUT2D eigenvalue weighted by molar-refractivity contribution is 7.91. The summed E-state index contributed by atoms with van der Waals surface area (Å²) in [5.74, 6) is -0.00698. The van der Waals surface area contributed by atoms with E-state index < -0.39 is 9.84 Å². The predicted octanol–water partition coefficient (Wildman–Crippen LogP) is 1.52. The van der Waals surface area contributed by atoms with Crippen molar-refractivity contribution < 1.29 is 8.42 Å². The van der Waals surface area contributed by atoms with Crippen molar-refractivity contribution in [2.24, 2.45) is 0 Å². The summed E-state index contributed by atoms with van der Waals surface area (Å²) in [5.41, 5.74) is 1.40. The number of nitrogens with zero attached hydrogens (tertiary/aromatic N) is 2. The average molecular weight is 301 g/mol. The Balaban J connectivity index is 1.91. The number of nitrogens with one attached hydrogen (secondary N) is 1. The summed E-state index contributed by atoms with van der Waals surface area (Å²) >= 11 is 0. The fourth-order valence-electron chi connectivity index (χ4n) is 1.82. The van der Waals surface area contributed by atoms with E-state index in [1.165, 1.54) is 12.1 Å². The quantitative estimate of drug-likeness (QED) is 0.818. The predicted molar refractivity (Wildman–Crippen MR) is 79.2 cm³/mol. The van der Waals surface area contributed by atoms with Crippen molar-refractivity contribution >= 4 is 9.84 Å². The Morgan fingerprint density at radius 1 is 1.19 bits per heavy atom. The molecule has 0 amide bonds. The highest BCUT2D eigenvalue weighted by Gasteiger charge is 2.14. The molecule has 0 aliphatic carbocycles. The molecule has 0 fully saturated rings. The van der Waals surface area contributed by atoms with Crippen molar-refractivity contribution in [3.05, 3.63) is 59.9 Å². The Bertz CT molecular complexity index is 737. The van der Waals surface area contributed by atoms with Crippen LogP contribution >= 0.6 is 0 Å². The molecule has 0 atom stereocenters. The average Bonchev–Trinajstić information content (AvgIpc) is 2.53. The van der Waals surface area contributed by atoms with Gasteiger partial charge in [-0.3, -0.25) is 4.98 Å². The molecule has 0 saturated heterocycles. The number of benzene rings is 1. The van der Waals surface area contributed by atoms with Crippen molar-refractivity contribution in [1.29, 1.82) is 5.26 Å². The molecule has 0 radical (unpaired) electrons. The normalized spacial score (nSPS) is 11.0. The van der Waals surface area contributed by atoms with Crippen LogP contribution in [-0.2, 0) is 16.4 Å². The molecule has 0 aliphatic heterocycles. The number of sulfone groups is 1. The molecule has 1 heterocycles. The highest BCUT2D eigenvalue weighted by Crippen LogP contribution is 2.12. The van der Waals surface area contributed by atoms with Crippen LogP contribution in [0.25, 0.3) is 0 Å². The van der Waals surface area contributed by atoms with E-state index in [0.29, 0.717) is 18.7 Å². The first kappa shape index (κ1) is 15.2. The van der Waals surface area contributed by atoms with Crippen LogP contribution in [0.5, 0.6) is 0 Å². The fraction of sp³-hybridized carbons (Fsp3) is 0.200. The molecule has 108 valence electrons. The number of nitriles is 1. The van der Waals surface area contributed by atoms with Crippen LogP contribution in [0.15, 0.2) is 53.7 Å². The van der Waals surface area contributed by atoms with Crippen molar-refractivity contribution in [2.75, 3.05) is 12.3 Å². The van der Waals surface area contributed by atoms with Crippen molar-refractivity contribution in [3.8, 4) is 6.07 Å². The maximum absolute atomic E-state index is 12.2. The van der Waals surface area contributed by atoms with Gasteiger partial charge >= 0.3 is 0 Å². The number of hydrogen-bond acceptors (Lipinski definition) is 5. The molecule has 0 saturated carbocycles. The van der Waals surface area contributed by atoms with Gasteiger partial charge in [-0.15, -0.1) is 0 Å². The lowest BCUT2D eigenvalue weighted by molar-refractivity contribution is 0.590. The van der Waals surface area contributed by atoms with Crippen molar-refractivity contribution in [3.63, 3.8) is 0 Å². The molecule has 0 aliphatic rings. The van der Waals surface area contributed by atoms with Crippen LogP contribution in [0.4, 0.5) is 0 Å².